The van der Waals surface area contributed by atoms with Gasteiger partial charge in [-0.3, -0.25) is 14.4 Å². The first-order chi connectivity index (χ1) is 13.1. The molecule has 27 heavy (non-hydrogen) atoms. The van der Waals surface area contributed by atoms with Crippen molar-refractivity contribution in [2.24, 2.45) is 5.73 Å². The first-order valence-corrected chi connectivity index (χ1v) is 9.73. The number of hydrogen-bond acceptors (Lipinski definition) is 4. The highest BCUT2D eigenvalue weighted by molar-refractivity contribution is 5.93. The fourth-order valence-corrected chi connectivity index (χ4v) is 3.71. The largest absolute Gasteiger partial charge is 0.350 e. The van der Waals surface area contributed by atoms with Gasteiger partial charge in [-0.2, -0.15) is 0 Å². The van der Waals surface area contributed by atoms with E-state index in [1.165, 1.54) is 0 Å². The molecule has 1 aromatic rings. The summed E-state index contributed by atoms with van der Waals surface area (Å²) < 4.78 is 0. The fourth-order valence-electron chi connectivity index (χ4n) is 3.71. The molecule has 0 bridgehead atoms. The van der Waals surface area contributed by atoms with Crippen LogP contribution in [0.15, 0.2) is 30.3 Å². The summed E-state index contributed by atoms with van der Waals surface area (Å²) in [4.78, 5) is 38.5. The standard InChI is InChI=1S/C18H24N4O3.C2H6/c19-10-16(23)21-14-8-6-13-7-9-15(22(13)18(14)25)17(24)20-11-12-4-2-1-3-5-12;1-2/h1-5,13-15H,6-11,19H2,(H,20,24)(H,21,23);1-2H3/t13?,14-,15-;/m0./s1. The molecule has 2 heterocycles. The van der Waals surface area contributed by atoms with Crippen LogP contribution in [0.5, 0.6) is 0 Å². The smallest absolute Gasteiger partial charge is 0.246 e. The molecular formula is C20H30N4O3. The average molecular weight is 374 g/mol. The van der Waals surface area contributed by atoms with Gasteiger partial charge in [-0.15, -0.1) is 0 Å². The molecule has 1 unspecified atom stereocenters. The summed E-state index contributed by atoms with van der Waals surface area (Å²) in [5.41, 5.74) is 6.33. The maximum absolute atomic E-state index is 12.7. The molecule has 0 spiro atoms. The Kier molecular flexibility index (Phi) is 7.79. The van der Waals surface area contributed by atoms with E-state index in [0.717, 1.165) is 18.4 Å². The third-order valence-corrected chi connectivity index (χ3v) is 4.98. The molecule has 1 aromatic carbocycles. The van der Waals surface area contributed by atoms with Crippen molar-refractivity contribution in [3.05, 3.63) is 35.9 Å². The van der Waals surface area contributed by atoms with Crippen LogP contribution in [0.25, 0.3) is 0 Å². The van der Waals surface area contributed by atoms with Crippen molar-refractivity contribution in [1.29, 1.82) is 0 Å². The maximum atomic E-state index is 12.7. The van der Waals surface area contributed by atoms with E-state index < -0.39 is 12.1 Å². The molecule has 148 valence electrons. The van der Waals surface area contributed by atoms with Crippen LogP contribution in [-0.2, 0) is 20.9 Å². The van der Waals surface area contributed by atoms with Gasteiger partial charge in [0.25, 0.3) is 0 Å². The molecule has 7 heteroatoms. The summed E-state index contributed by atoms with van der Waals surface area (Å²) in [5.74, 6) is -0.651. The minimum Gasteiger partial charge on any atom is -0.350 e. The molecule has 4 N–H and O–H groups in total. The molecule has 3 rings (SSSR count). The van der Waals surface area contributed by atoms with Crippen LogP contribution in [0.3, 0.4) is 0 Å². The Morgan fingerprint density at radius 3 is 2.44 bits per heavy atom. The van der Waals surface area contributed by atoms with Gasteiger partial charge < -0.3 is 21.3 Å². The van der Waals surface area contributed by atoms with Crippen molar-refractivity contribution in [1.82, 2.24) is 15.5 Å². The molecule has 0 radical (unpaired) electrons. The van der Waals surface area contributed by atoms with Crippen molar-refractivity contribution in [3.63, 3.8) is 0 Å². The molecule has 2 saturated heterocycles. The maximum Gasteiger partial charge on any atom is 0.246 e. The number of nitrogens with one attached hydrogen (secondary N) is 2. The number of piperidine rings is 1. The minimum absolute atomic E-state index is 0.0889. The lowest BCUT2D eigenvalue weighted by molar-refractivity contribution is -0.146. The van der Waals surface area contributed by atoms with Crippen molar-refractivity contribution < 1.29 is 14.4 Å². The Balaban J connectivity index is 0.00000126. The minimum atomic E-state index is -0.574. The molecular weight excluding hydrogens is 344 g/mol. The third kappa shape index (κ3) is 5.07. The zero-order chi connectivity index (χ0) is 19.8. The van der Waals surface area contributed by atoms with Crippen molar-refractivity contribution in [3.8, 4) is 0 Å². The third-order valence-electron chi connectivity index (χ3n) is 4.98. The normalized spacial score (nSPS) is 23.7. The molecule has 0 saturated carbocycles. The van der Waals surface area contributed by atoms with Gasteiger partial charge in [0.05, 0.1) is 6.54 Å². The number of rotatable bonds is 5. The number of nitrogens with two attached hydrogens (primary N) is 1. The molecule has 7 nitrogen and oxygen atoms in total. The van der Waals surface area contributed by atoms with Crippen molar-refractivity contribution in [2.75, 3.05) is 6.54 Å². The van der Waals surface area contributed by atoms with E-state index in [0.29, 0.717) is 19.4 Å². The molecule has 0 aliphatic carbocycles. The van der Waals surface area contributed by atoms with E-state index >= 15 is 0 Å². The number of carbonyl (C=O) groups is 3. The summed E-state index contributed by atoms with van der Waals surface area (Å²) in [6, 6.07) is 8.72. The number of benzene rings is 1. The van der Waals surface area contributed by atoms with E-state index in [1.807, 2.05) is 44.2 Å². The zero-order valence-electron chi connectivity index (χ0n) is 16.1. The van der Waals surface area contributed by atoms with E-state index in [1.54, 1.807) is 4.90 Å². The van der Waals surface area contributed by atoms with E-state index in [4.69, 9.17) is 5.73 Å². The van der Waals surface area contributed by atoms with Crippen LogP contribution in [0.2, 0.25) is 0 Å². The number of hydrogen-bond donors (Lipinski definition) is 3. The molecule has 3 amide bonds. The summed E-state index contributed by atoms with van der Waals surface area (Å²) in [6.45, 7) is 4.30. The Morgan fingerprint density at radius 2 is 1.78 bits per heavy atom. The Labute approximate surface area is 160 Å². The first-order valence-electron chi connectivity index (χ1n) is 9.73. The predicted octanol–water partition coefficient (Wildman–Crippen LogP) is 0.926. The predicted molar refractivity (Wildman–Crippen MR) is 104 cm³/mol. The number of amides is 3. The first kappa shape index (κ1) is 20.9. The lowest BCUT2D eigenvalue weighted by Crippen LogP contribution is -2.59. The molecule has 2 aliphatic heterocycles. The van der Waals surface area contributed by atoms with Gasteiger partial charge in [0.1, 0.15) is 12.1 Å². The van der Waals surface area contributed by atoms with Gasteiger partial charge in [0, 0.05) is 12.6 Å². The molecule has 2 fully saturated rings. The van der Waals surface area contributed by atoms with Gasteiger partial charge in [-0.05, 0) is 31.2 Å². The molecule has 2 aliphatic rings. The highest BCUT2D eigenvalue weighted by Crippen LogP contribution is 2.32. The van der Waals surface area contributed by atoms with Gasteiger partial charge in [0.2, 0.25) is 17.7 Å². The number of nitrogens with zero attached hydrogens (tertiary/aromatic N) is 1. The van der Waals surface area contributed by atoms with Crippen LogP contribution < -0.4 is 16.4 Å². The molecule has 3 atom stereocenters. The van der Waals surface area contributed by atoms with Gasteiger partial charge in [-0.25, -0.2) is 0 Å². The summed E-state index contributed by atoms with van der Waals surface area (Å²) in [7, 11) is 0. The highest BCUT2D eigenvalue weighted by atomic mass is 16.2. The average Bonchev–Trinajstić information content (AvgIpc) is 3.15. The van der Waals surface area contributed by atoms with Crippen molar-refractivity contribution >= 4 is 17.7 Å². The van der Waals surface area contributed by atoms with E-state index in [9.17, 15) is 14.4 Å². The van der Waals surface area contributed by atoms with Gasteiger partial charge in [0.15, 0.2) is 0 Å². The van der Waals surface area contributed by atoms with Crippen LogP contribution in [0.1, 0.15) is 45.1 Å². The summed E-state index contributed by atoms with van der Waals surface area (Å²) in [6.07, 6.45) is 2.88. The fraction of sp³-hybridized carbons (Fsp3) is 0.550. The Bertz CT molecular complexity index is 650. The van der Waals surface area contributed by atoms with E-state index in [2.05, 4.69) is 10.6 Å². The summed E-state index contributed by atoms with van der Waals surface area (Å²) in [5, 5.41) is 5.58. The zero-order valence-corrected chi connectivity index (χ0v) is 16.1. The monoisotopic (exact) mass is 374 g/mol. The molecule has 0 aromatic heterocycles. The highest BCUT2D eigenvalue weighted by Gasteiger charge is 2.46. The lowest BCUT2D eigenvalue weighted by atomic mass is 9.98. The van der Waals surface area contributed by atoms with Crippen LogP contribution in [-0.4, -0.2) is 47.3 Å². The topological polar surface area (TPSA) is 105 Å². The van der Waals surface area contributed by atoms with Crippen LogP contribution in [0, 0.1) is 0 Å². The SMILES string of the molecule is CC.NCC(=O)N[C@H]1CCC2CC[C@@H](C(=O)NCc3ccccc3)N2C1=O. The van der Waals surface area contributed by atoms with E-state index in [-0.39, 0.29) is 30.3 Å². The lowest BCUT2D eigenvalue weighted by Gasteiger charge is -2.37. The Morgan fingerprint density at radius 1 is 1.11 bits per heavy atom. The van der Waals surface area contributed by atoms with Gasteiger partial charge in [-0.1, -0.05) is 44.2 Å². The Hall–Kier alpha value is -2.41. The van der Waals surface area contributed by atoms with Crippen molar-refractivity contribution in [2.45, 2.75) is 64.2 Å². The second-order valence-corrected chi connectivity index (χ2v) is 6.60. The second-order valence-electron chi connectivity index (χ2n) is 6.60. The summed E-state index contributed by atoms with van der Waals surface area (Å²) >= 11 is 0. The van der Waals surface area contributed by atoms with Crippen LogP contribution >= 0.6 is 0 Å². The number of carbonyl (C=O) groups excluding carboxylic acids is 3. The van der Waals surface area contributed by atoms with Gasteiger partial charge >= 0.3 is 0 Å². The number of fused-ring (bicyclic) bond motifs is 1. The second kappa shape index (κ2) is 10.1. The quantitative estimate of drug-likeness (QED) is 0.713. The van der Waals surface area contributed by atoms with Crippen LogP contribution in [0.4, 0.5) is 0 Å².